The van der Waals surface area contributed by atoms with Crippen molar-refractivity contribution in [3.8, 4) is 0 Å². The zero-order valence-corrected chi connectivity index (χ0v) is 17.3. The summed E-state index contributed by atoms with van der Waals surface area (Å²) in [4.78, 5) is 32.9. The second-order valence-electron chi connectivity index (χ2n) is 7.74. The molecule has 0 aromatic heterocycles. The quantitative estimate of drug-likeness (QED) is 0.753. The molecule has 0 unspecified atom stereocenters. The Morgan fingerprint density at radius 3 is 2.17 bits per heavy atom. The van der Waals surface area contributed by atoms with Gasteiger partial charge in [0, 0.05) is 26.2 Å². The van der Waals surface area contributed by atoms with Crippen LogP contribution in [0.5, 0.6) is 0 Å². The highest BCUT2D eigenvalue weighted by Gasteiger charge is 2.43. The molecular weight excluding hydrogens is 362 g/mol. The van der Waals surface area contributed by atoms with Gasteiger partial charge >= 0.3 is 0 Å². The first-order valence-electron chi connectivity index (χ1n) is 10.2. The third-order valence-corrected chi connectivity index (χ3v) is 5.86. The van der Waals surface area contributed by atoms with Gasteiger partial charge in [0.05, 0.1) is 11.3 Å². The van der Waals surface area contributed by atoms with Crippen LogP contribution in [0.3, 0.4) is 0 Å². The summed E-state index contributed by atoms with van der Waals surface area (Å²) in [6.07, 6.45) is 0. The minimum absolute atomic E-state index is 0.221. The number of anilines is 1. The van der Waals surface area contributed by atoms with Gasteiger partial charge in [-0.3, -0.25) is 9.59 Å². The van der Waals surface area contributed by atoms with E-state index in [1.54, 1.807) is 0 Å². The zero-order chi connectivity index (χ0) is 20.5. The minimum atomic E-state index is -0.235. The molecule has 4 rings (SSSR count). The Labute approximate surface area is 172 Å². The largest absolute Gasteiger partial charge is 0.364 e. The number of benzene rings is 2. The average molecular weight is 389 g/mol. The Kier molecular flexibility index (Phi) is 5.24. The van der Waals surface area contributed by atoms with E-state index >= 15 is 0 Å². The molecule has 0 saturated carbocycles. The predicted molar refractivity (Wildman–Crippen MR) is 115 cm³/mol. The van der Waals surface area contributed by atoms with Crippen LogP contribution < -0.4 is 4.90 Å². The van der Waals surface area contributed by atoms with Crippen molar-refractivity contribution < 1.29 is 9.59 Å². The van der Waals surface area contributed by atoms with Crippen LogP contribution in [0.2, 0.25) is 0 Å². The molecule has 0 radical (unpaired) electrons. The van der Waals surface area contributed by atoms with E-state index in [1.165, 1.54) is 4.90 Å². The SMILES string of the molecule is CCN1CCN(C2=C(c3ccc(C)cc3C)C(=O)N(c3ccccc3)C2=O)CC1. The highest BCUT2D eigenvalue weighted by molar-refractivity contribution is 6.45. The van der Waals surface area contributed by atoms with E-state index in [1.807, 2.05) is 56.3 Å². The van der Waals surface area contributed by atoms with Gasteiger partial charge in [-0.15, -0.1) is 0 Å². The van der Waals surface area contributed by atoms with Gasteiger partial charge in [-0.1, -0.05) is 48.9 Å². The second-order valence-corrected chi connectivity index (χ2v) is 7.74. The van der Waals surface area contributed by atoms with Crippen molar-refractivity contribution in [1.82, 2.24) is 9.80 Å². The number of carbonyl (C=O) groups is 2. The number of aryl methyl sites for hydroxylation is 2. The Morgan fingerprint density at radius 2 is 1.55 bits per heavy atom. The molecule has 5 nitrogen and oxygen atoms in total. The monoisotopic (exact) mass is 389 g/mol. The number of para-hydroxylation sites is 1. The van der Waals surface area contributed by atoms with Gasteiger partial charge in [0.15, 0.2) is 0 Å². The Morgan fingerprint density at radius 1 is 0.862 bits per heavy atom. The fourth-order valence-corrected chi connectivity index (χ4v) is 4.25. The molecule has 1 fully saturated rings. The van der Waals surface area contributed by atoms with Crippen LogP contribution in [0.15, 0.2) is 54.2 Å². The van der Waals surface area contributed by atoms with Gasteiger partial charge in [0.1, 0.15) is 5.70 Å². The molecule has 150 valence electrons. The first kappa shape index (κ1) is 19.4. The van der Waals surface area contributed by atoms with Crippen molar-refractivity contribution in [2.45, 2.75) is 20.8 Å². The summed E-state index contributed by atoms with van der Waals surface area (Å²) >= 11 is 0. The Bertz CT molecular complexity index is 973. The van der Waals surface area contributed by atoms with E-state index < -0.39 is 0 Å². The molecule has 2 aliphatic heterocycles. The molecular formula is C24H27N3O2. The first-order chi connectivity index (χ1) is 14.0. The summed E-state index contributed by atoms with van der Waals surface area (Å²) in [6.45, 7) is 10.5. The maximum absolute atomic E-state index is 13.5. The number of hydrogen-bond acceptors (Lipinski definition) is 4. The van der Waals surface area contributed by atoms with Crippen LogP contribution in [0.4, 0.5) is 5.69 Å². The smallest absolute Gasteiger partial charge is 0.282 e. The maximum Gasteiger partial charge on any atom is 0.282 e. The van der Waals surface area contributed by atoms with E-state index in [-0.39, 0.29) is 11.8 Å². The number of rotatable bonds is 4. The normalized spacial score (nSPS) is 18.2. The van der Waals surface area contributed by atoms with Crippen LogP contribution in [0, 0.1) is 13.8 Å². The molecule has 29 heavy (non-hydrogen) atoms. The molecule has 2 amide bonds. The molecule has 0 atom stereocenters. The van der Waals surface area contributed by atoms with Crippen molar-refractivity contribution in [2.24, 2.45) is 0 Å². The van der Waals surface area contributed by atoms with Crippen LogP contribution in [-0.2, 0) is 9.59 Å². The minimum Gasteiger partial charge on any atom is -0.364 e. The topological polar surface area (TPSA) is 43.9 Å². The number of piperazine rings is 1. The summed E-state index contributed by atoms with van der Waals surface area (Å²) in [5, 5.41) is 0. The van der Waals surface area contributed by atoms with Gasteiger partial charge in [-0.05, 0) is 43.7 Å². The van der Waals surface area contributed by atoms with E-state index in [2.05, 4.69) is 22.8 Å². The number of imide groups is 1. The van der Waals surface area contributed by atoms with Crippen molar-refractivity contribution in [1.29, 1.82) is 0 Å². The number of carbonyl (C=O) groups excluding carboxylic acids is 2. The van der Waals surface area contributed by atoms with Crippen molar-refractivity contribution in [3.63, 3.8) is 0 Å². The maximum atomic E-state index is 13.5. The third kappa shape index (κ3) is 3.47. The van der Waals surface area contributed by atoms with Gasteiger partial charge < -0.3 is 9.80 Å². The summed E-state index contributed by atoms with van der Waals surface area (Å²) in [5.41, 5.74) is 4.69. The molecule has 2 aliphatic rings. The molecule has 2 heterocycles. The molecule has 0 bridgehead atoms. The van der Waals surface area contributed by atoms with Crippen molar-refractivity contribution in [2.75, 3.05) is 37.6 Å². The summed E-state index contributed by atoms with van der Waals surface area (Å²) in [5.74, 6) is -0.456. The molecule has 0 spiro atoms. The lowest BCUT2D eigenvalue weighted by molar-refractivity contribution is -0.120. The second kappa shape index (κ2) is 7.84. The van der Waals surface area contributed by atoms with Gasteiger partial charge in [-0.2, -0.15) is 0 Å². The van der Waals surface area contributed by atoms with E-state index in [9.17, 15) is 9.59 Å². The lowest BCUT2D eigenvalue weighted by Gasteiger charge is -2.36. The number of likely N-dealkylation sites (N-methyl/N-ethyl adjacent to an activating group) is 1. The van der Waals surface area contributed by atoms with Gasteiger partial charge in [0.25, 0.3) is 11.8 Å². The molecule has 0 N–H and O–H groups in total. The van der Waals surface area contributed by atoms with Crippen molar-refractivity contribution >= 4 is 23.1 Å². The highest BCUT2D eigenvalue weighted by atomic mass is 16.2. The van der Waals surface area contributed by atoms with Crippen LogP contribution in [-0.4, -0.2) is 54.3 Å². The average Bonchev–Trinajstić information content (AvgIpc) is 2.99. The summed E-state index contributed by atoms with van der Waals surface area (Å²) in [7, 11) is 0. The number of nitrogens with zero attached hydrogens (tertiary/aromatic N) is 3. The van der Waals surface area contributed by atoms with E-state index in [0.29, 0.717) is 17.0 Å². The van der Waals surface area contributed by atoms with E-state index in [4.69, 9.17) is 0 Å². The van der Waals surface area contributed by atoms with Crippen LogP contribution in [0.25, 0.3) is 5.57 Å². The third-order valence-electron chi connectivity index (χ3n) is 5.86. The summed E-state index contributed by atoms with van der Waals surface area (Å²) in [6, 6.07) is 15.3. The van der Waals surface area contributed by atoms with Crippen LogP contribution >= 0.6 is 0 Å². The Balaban J connectivity index is 1.81. The summed E-state index contributed by atoms with van der Waals surface area (Å²) < 4.78 is 0. The van der Waals surface area contributed by atoms with E-state index in [0.717, 1.165) is 49.4 Å². The fraction of sp³-hybridized carbons (Fsp3) is 0.333. The Hall–Kier alpha value is -2.92. The molecule has 2 aromatic carbocycles. The molecule has 2 aromatic rings. The lowest BCUT2D eigenvalue weighted by atomic mass is 9.97. The van der Waals surface area contributed by atoms with Crippen LogP contribution in [0.1, 0.15) is 23.6 Å². The molecule has 0 aliphatic carbocycles. The fourth-order valence-electron chi connectivity index (χ4n) is 4.25. The van der Waals surface area contributed by atoms with Gasteiger partial charge in [0.2, 0.25) is 0 Å². The first-order valence-corrected chi connectivity index (χ1v) is 10.2. The van der Waals surface area contributed by atoms with Gasteiger partial charge in [-0.25, -0.2) is 4.90 Å². The highest BCUT2D eigenvalue weighted by Crippen LogP contribution is 2.36. The zero-order valence-electron chi connectivity index (χ0n) is 17.3. The lowest BCUT2D eigenvalue weighted by Crippen LogP contribution is -2.47. The molecule has 5 heteroatoms. The standard InChI is InChI=1S/C24H27N3O2/c1-4-25-12-14-26(15-13-25)22-21(20-11-10-17(2)16-18(20)3)23(28)27(24(22)29)19-8-6-5-7-9-19/h5-11,16H,4,12-15H2,1-3H3. The number of hydrogen-bond donors (Lipinski definition) is 0. The number of amides is 2. The molecule has 1 saturated heterocycles. The predicted octanol–water partition coefficient (Wildman–Crippen LogP) is 3.23. The van der Waals surface area contributed by atoms with Crippen molar-refractivity contribution in [3.05, 3.63) is 70.9 Å².